The van der Waals surface area contributed by atoms with E-state index in [0.29, 0.717) is 11.3 Å². The molecule has 0 saturated heterocycles. The smallest absolute Gasteiger partial charge is 0.0367 e. The van der Waals surface area contributed by atoms with Crippen molar-refractivity contribution in [3.05, 3.63) is 0 Å². The highest BCUT2D eigenvalue weighted by atomic mass is 79.9. The fraction of sp³-hybridized carbons (Fsp3) is 1.00. The van der Waals surface area contributed by atoms with Crippen molar-refractivity contribution < 1.29 is 0 Å². The van der Waals surface area contributed by atoms with Crippen molar-refractivity contribution in [3.63, 3.8) is 0 Å². The Labute approximate surface area is 64.7 Å². The first kappa shape index (κ1) is 8.77. The van der Waals surface area contributed by atoms with Crippen LogP contribution in [0.2, 0.25) is 0 Å². The molecule has 2 unspecified atom stereocenters. The fourth-order valence-electron chi connectivity index (χ4n) is 0.499. The molecule has 2 atom stereocenters. The van der Waals surface area contributed by atoms with Crippen LogP contribution >= 0.6 is 27.5 Å². The van der Waals surface area contributed by atoms with Gasteiger partial charge in [-0.3, -0.25) is 0 Å². The van der Waals surface area contributed by atoms with Crippen LogP contribution in [0.5, 0.6) is 0 Å². The van der Waals surface area contributed by atoms with Crippen LogP contribution in [0.1, 0.15) is 20.3 Å². The molecule has 0 heterocycles. The van der Waals surface area contributed by atoms with Crippen LogP contribution in [0.15, 0.2) is 0 Å². The minimum absolute atomic E-state index is 0.342. The molecular weight excluding hydrogens is 187 g/mol. The molecule has 0 rings (SSSR count). The summed E-state index contributed by atoms with van der Waals surface area (Å²) >= 11 is 9.26. The van der Waals surface area contributed by atoms with E-state index < -0.39 is 0 Å². The van der Waals surface area contributed by atoms with Crippen LogP contribution in [0.3, 0.4) is 0 Å². The molecular formula is C6H12BrCl. The molecule has 0 aromatic heterocycles. The third kappa shape index (κ3) is 2.93. The average Bonchev–Trinajstić information content (AvgIpc) is 1.84. The van der Waals surface area contributed by atoms with Crippen molar-refractivity contribution in [3.8, 4) is 0 Å². The van der Waals surface area contributed by atoms with Crippen molar-refractivity contribution in [2.24, 2.45) is 5.92 Å². The monoisotopic (exact) mass is 198 g/mol. The lowest BCUT2D eigenvalue weighted by molar-refractivity contribution is 0.598. The Morgan fingerprint density at radius 3 is 2.25 bits per heavy atom. The van der Waals surface area contributed by atoms with E-state index in [9.17, 15) is 0 Å². The number of alkyl halides is 2. The van der Waals surface area contributed by atoms with Gasteiger partial charge in [0.2, 0.25) is 0 Å². The van der Waals surface area contributed by atoms with Gasteiger partial charge in [0.05, 0.1) is 0 Å². The lowest BCUT2D eigenvalue weighted by Gasteiger charge is -2.11. The molecule has 0 aromatic carbocycles. The summed E-state index contributed by atoms with van der Waals surface area (Å²) in [5, 5.41) is 1.35. The molecule has 0 bridgehead atoms. The Kier molecular flexibility index (Phi) is 5.08. The number of hydrogen-bond donors (Lipinski definition) is 0. The summed E-state index contributed by atoms with van der Waals surface area (Å²) in [5.74, 6) is 0.599. The fourth-order valence-corrected chi connectivity index (χ4v) is 1.25. The van der Waals surface area contributed by atoms with Gasteiger partial charge in [-0.15, -0.1) is 11.6 Å². The molecule has 0 fully saturated rings. The highest BCUT2D eigenvalue weighted by Crippen LogP contribution is 2.15. The van der Waals surface area contributed by atoms with E-state index in [0.717, 1.165) is 11.8 Å². The first-order valence-electron chi connectivity index (χ1n) is 2.92. The molecule has 0 spiro atoms. The van der Waals surface area contributed by atoms with Crippen molar-refractivity contribution in [2.45, 2.75) is 25.6 Å². The third-order valence-electron chi connectivity index (χ3n) is 1.25. The first-order chi connectivity index (χ1) is 3.72. The van der Waals surface area contributed by atoms with E-state index >= 15 is 0 Å². The summed E-state index contributed by atoms with van der Waals surface area (Å²) in [6.45, 7) is 4.26. The van der Waals surface area contributed by atoms with Crippen LogP contribution in [0, 0.1) is 5.92 Å². The van der Waals surface area contributed by atoms with Gasteiger partial charge in [0.1, 0.15) is 0 Å². The quantitative estimate of drug-likeness (QED) is 0.613. The first-order valence-corrected chi connectivity index (χ1v) is 4.48. The van der Waals surface area contributed by atoms with E-state index in [2.05, 4.69) is 29.8 Å². The van der Waals surface area contributed by atoms with Crippen molar-refractivity contribution in [1.82, 2.24) is 0 Å². The molecule has 50 valence electrons. The Hall–Kier alpha value is 0.770. The zero-order valence-corrected chi connectivity index (χ0v) is 7.67. The topological polar surface area (TPSA) is 0 Å². The minimum atomic E-state index is 0.342. The Balaban J connectivity index is 3.29. The average molecular weight is 200 g/mol. The summed E-state index contributed by atoms with van der Waals surface area (Å²) in [7, 11) is 0. The van der Waals surface area contributed by atoms with E-state index in [1.807, 2.05) is 0 Å². The number of hydrogen-bond acceptors (Lipinski definition) is 0. The SMILES string of the molecule is CCC(Cl)C(C)CBr. The van der Waals surface area contributed by atoms with Gasteiger partial charge in [0.15, 0.2) is 0 Å². The second-order valence-corrected chi connectivity index (χ2v) is 3.26. The normalized spacial score (nSPS) is 18.0. The molecule has 0 aliphatic heterocycles. The molecule has 0 N–H and O–H groups in total. The third-order valence-corrected chi connectivity index (χ3v) is 3.01. The summed E-state index contributed by atoms with van der Waals surface area (Å²) in [6, 6.07) is 0. The summed E-state index contributed by atoms with van der Waals surface area (Å²) in [6.07, 6.45) is 1.06. The van der Waals surface area contributed by atoms with Crippen LogP contribution in [-0.4, -0.2) is 10.7 Å². The van der Waals surface area contributed by atoms with Gasteiger partial charge in [0, 0.05) is 10.7 Å². The van der Waals surface area contributed by atoms with Crippen LogP contribution in [0.4, 0.5) is 0 Å². The van der Waals surface area contributed by atoms with Crippen LogP contribution in [0.25, 0.3) is 0 Å². The van der Waals surface area contributed by atoms with E-state index in [1.165, 1.54) is 0 Å². The molecule has 0 saturated carbocycles. The molecule has 0 radical (unpaired) electrons. The largest absolute Gasteiger partial charge is 0.123 e. The molecule has 0 aromatic rings. The Morgan fingerprint density at radius 1 is 1.62 bits per heavy atom. The predicted molar refractivity (Wildman–Crippen MR) is 42.9 cm³/mol. The predicted octanol–water partition coefficient (Wildman–Crippen LogP) is 3.03. The lowest BCUT2D eigenvalue weighted by atomic mass is 10.1. The molecule has 8 heavy (non-hydrogen) atoms. The maximum absolute atomic E-state index is 5.89. The molecule has 0 nitrogen and oxygen atoms in total. The van der Waals surface area contributed by atoms with Gasteiger partial charge < -0.3 is 0 Å². The van der Waals surface area contributed by atoms with Gasteiger partial charge in [-0.05, 0) is 12.3 Å². The zero-order valence-electron chi connectivity index (χ0n) is 5.32. The summed E-state index contributed by atoms with van der Waals surface area (Å²) in [4.78, 5) is 0. The molecule has 0 aliphatic carbocycles. The van der Waals surface area contributed by atoms with Crippen LogP contribution in [-0.2, 0) is 0 Å². The van der Waals surface area contributed by atoms with Gasteiger partial charge in [-0.1, -0.05) is 29.8 Å². The van der Waals surface area contributed by atoms with E-state index in [4.69, 9.17) is 11.6 Å². The standard InChI is InChI=1S/C6H12BrCl/c1-3-6(8)5(2)4-7/h5-6H,3-4H2,1-2H3. The van der Waals surface area contributed by atoms with Crippen molar-refractivity contribution in [1.29, 1.82) is 0 Å². The highest BCUT2D eigenvalue weighted by molar-refractivity contribution is 9.09. The Bertz CT molecular complexity index is 48.5. The van der Waals surface area contributed by atoms with Gasteiger partial charge in [-0.25, -0.2) is 0 Å². The lowest BCUT2D eigenvalue weighted by Crippen LogP contribution is -2.10. The number of rotatable bonds is 3. The maximum Gasteiger partial charge on any atom is 0.0367 e. The molecule has 0 aliphatic rings. The second kappa shape index (κ2) is 4.63. The molecule has 2 heteroatoms. The second-order valence-electron chi connectivity index (χ2n) is 2.06. The minimum Gasteiger partial charge on any atom is -0.123 e. The van der Waals surface area contributed by atoms with Crippen molar-refractivity contribution >= 4 is 27.5 Å². The summed E-state index contributed by atoms with van der Waals surface area (Å²) < 4.78 is 0. The van der Waals surface area contributed by atoms with Crippen LogP contribution < -0.4 is 0 Å². The molecule has 0 amide bonds. The van der Waals surface area contributed by atoms with Gasteiger partial charge >= 0.3 is 0 Å². The van der Waals surface area contributed by atoms with Gasteiger partial charge in [0.25, 0.3) is 0 Å². The van der Waals surface area contributed by atoms with Crippen molar-refractivity contribution in [2.75, 3.05) is 5.33 Å². The Morgan fingerprint density at radius 2 is 2.12 bits per heavy atom. The van der Waals surface area contributed by atoms with E-state index in [1.54, 1.807) is 0 Å². The van der Waals surface area contributed by atoms with E-state index in [-0.39, 0.29) is 0 Å². The highest BCUT2D eigenvalue weighted by Gasteiger charge is 2.09. The maximum atomic E-state index is 5.89. The van der Waals surface area contributed by atoms with Gasteiger partial charge in [-0.2, -0.15) is 0 Å². The zero-order chi connectivity index (χ0) is 6.57. The summed E-state index contributed by atoms with van der Waals surface area (Å²) in [5.41, 5.74) is 0. The number of halogens is 2.